The molecule has 1 aliphatic carbocycles. The maximum absolute atomic E-state index is 13.0. The standard InChI is InChI=1S/C26H30F3N5/c27-26(28,29)20-8-6-7-19(17-20)18-33-13-15-34(16-14-33)25-23-12-5-4-11-22(23)24(31-32-25)30-21-9-2-1-3-10-21/h4-8,11-12,17,21H,1-3,9-10,13-16,18H2,(H,30,31). The van der Waals surface area contributed by atoms with Gasteiger partial charge in [0.2, 0.25) is 0 Å². The Kier molecular flexibility index (Phi) is 6.59. The molecule has 1 N–H and O–H groups in total. The van der Waals surface area contributed by atoms with Crippen molar-refractivity contribution in [1.29, 1.82) is 0 Å². The second kappa shape index (κ2) is 9.78. The molecule has 5 rings (SSSR count). The lowest BCUT2D eigenvalue weighted by Crippen LogP contribution is -2.46. The van der Waals surface area contributed by atoms with Gasteiger partial charge in [-0.2, -0.15) is 13.2 Å². The first-order valence-electron chi connectivity index (χ1n) is 12.1. The molecule has 2 aromatic carbocycles. The molecule has 1 aliphatic heterocycles. The number of anilines is 2. The SMILES string of the molecule is FC(F)(F)c1cccc(CN2CCN(c3nnc(NC4CCCCC4)c4ccccc34)CC2)c1. The van der Waals surface area contributed by atoms with E-state index in [0.29, 0.717) is 18.2 Å². The Morgan fingerprint density at radius 1 is 0.853 bits per heavy atom. The van der Waals surface area contributed by atoms with Crippen LogP contribution in [0.15, 0.2) is 48.5 Å². The van der Waals surface area contributed by atoms with E-state index in [2.05, 4.69) is 37.4 Å². The molecule has 1 saturated heterocycles. The van der Waals surface area contributed by atoms with Gasteiger partial charge < -0.3 is 10.2 Å². The van der Waals surface area contributed by atoms with Gasteiger partial charge in [-0.1, -0.05) is 61.7 Å². The zero-order chi connectivity index (χ0) is 23.5. The Labute approximate surface area is 198 Å². The van der Waals surface area contributed by atoms with E-state index >= 15 is 0 Å². The molecular weight excluding hydrogens is 439 g/mol. The van der Waals surface area contributed by atoms with E-state index in [4.69, 9.17) is 0 Å². The first-order chi connectivity index (χ1) is 16.5. The van der Waals surface area contributed by atoms with Crippen molar-refractivity contribution in [3.63, 3.8) is 0 Å². The van der Waals surface area contributed by atoms with Gasteiger partial charge in [-0.15, -0.1) is 10.2 Å². The van der Waals surface area contributed by atoms with Crippen LogP contribution >= 0.6 is 0 Å². The smallest absolute Gasteiger partial charge is 0.365 e. The fourth-order valence-corrected chi connectivity index (χ4v) is 5.09. The van der Waals surface area contributed by atoms with Crippen molar-refractivity contribution in [1.82, 2.24) is 15.1 Å². The molecule has 5 nitrogen and oxygen atoms in total. The molecule has 0 amide bonds. The molecule has 34 heavy (non-hydrogen) atoms. The Morgan fingerprint density at radius 3 is 2.32 bits per heavy atom. The van der Waals surface area contributed by atoms with E-state index in [0.717, 1.165) is 54.7 Å². The predicted octanol–water partition coefficient (Wildman–Crippen LogP) is 5.72. The van der Waals surface area contributed by atoms with Crippen molar-refractivity contribution >= 4 is 22.4 Å². The molecule has 8 heteroatoms. The van der Waals surface area contributed by atoms with Gasteiger partial charge in [0.25, 0.3) is 0 Å². The minimum absolute atomic E-state index is 0.455. The van der Waals surface area contributed by atoms with Crippen LogP contribution in [0.4, 0.5) is 24.8 Å². The van der Waals surface area contributed by atoms with Gasteiger partial charge in [-0.05, 0) is 24.5 Å². The fourth-order valence-electron chi connectivity index (χ4n) is 5.09. The summed E-state index contributed by atoms with van der Waals surface area (Å²) in [5.41, 5.74) is 0.0963. The summed E-state index contributed by atoms with van der Waals surface area (Å²) in [5.74, 6) is 1.73. The molecule has 2 aliphatic rings. The van der Waals surface area contributed by atoms with Gasteiger partial charge in [0.1, 0.15) is 0 Å². The van der Waals surface area contributed by atoms with Crippen molar-refractivity contribution < 1.29 is 13.2 Å². The Balaban J connectivity index is 1.27. The predicted molar refractivity (Wildman–Crippen MR) is 129 cm³/mol. The number of piperazine rings is 1. The number of nitrogens with one attached hydrogen (secondary N) is 1. The van der Waals surface area contributed by atoms with Crippen LogP contribution in [-0.2, 0) is 12.7 Å². The number of aromatic nitrogens is 2. The third kappa shape index (κ3) is 5.12. The Hall–Kier alpha value is -2.87. The monoisotopic (exact) mass is 469 g/mol. The molecular formula is C26H30F3N5. The largest absolute Gasteiger partial charge is 0.416 e. The minimum Gasteiger partial charge on any atom is -0.365 e. The molecule has 1 aromatic heterocycles. The van der Waals surface area contributed by atoms with Crippen molar-refractivity contribution in [3.8, 4) is 0 Å². The third-order valence-electron chi connectivity index (χ3n) is 6.95. The number of alkyl halides is 3. The van der Waals surface area contributed by atoms with Crippen molar-refractivity contribution in [2.75, 3.05) is 36.4 Å². The molecule has 0 unspecified atom stereocenters. The molecule has 0 bridgehead atoms. The number of halogens is 3. The molecule has 1 saturated carbocycles. The molecule has 0 radical (unpaired) electrons. The summed E-state index contributed by atoms with van der Waals surface area (Å²) in [5, 5.41) is 15.0. The summed E-state index contributed by atoms with van der Waals surface area (Å²) >= 11 is 0. The van der Waals surface area contributed by atoms with Gasteiger partial charge in [0.15, 0.2) is 11.6 Å². The summed E-state index contributed by atoms with van der Waals surface area (Å²) in [4.78, 5) is 4.43. The third-order valence-corrected chi connectivity index (χ3v) is 6.95. The van der Waals surface area contributed by atoms with Crippen LogP contribution in [0.25, 0.3) is 10.8 Å². The summed E-state index contributed by atoms with van der Waals surface area (Å²) in [7, 11) is 0. The zero-order valence-electron chi connectivity index (χ0n) is 19.2. The summed E-state index contributed by atoms with van der Waals surface area (Å²) < 4.78 is 39.1. The van der Waals surface area contributed by atoms with E-state index in [1.54, 1.807) is 6.07 Å². The summed E-state index contributed by atoms with van der Waals surface area (Å²) in [6, 6.07) is 14.3. The lowest BCUT2D eigenvalue weighted by molar-refractivity contribution is -0.137. The average Bonchev–Trinajstić information content (AvgIpc) is 2.85. The second-order valence-electron chi connectivity index (χ2n) is 9.36. The maximum Gasteiger partial charge on any atom is 0.416 e. The number of benzene rings is 2. The molecule has 2 fully saturated rings. The second-order valence-corrected chi connectivity index (χ2v) is 9.36. The van der Waals surface area contributed by atoms with Crippen molar-refractivity contribution in [2.24, 2.45) is 0 Å². The van der Waals surface area contributed by atoms with Crippen LogP contribution < -0.4 is 10.2 Å². The van der Waals surface area contributed by atoms with Gasteiger partial charge in [0.05, 0.1) is 5.56 Å². The lowest BCUT2D eigenvalue weighted by atomic mass is 9.95. The average molecular weight is 470 g/mol. The first kappa shape index (κ1) is 22.9. The quantitative estimate of drug-likeness (QED) is 0.518. The Bertz CT molecular complexity index is 1120. The highest BCUT2D eigenvalue weighted by Crippen LogP contribution is 2.32. The first-order valence-corrected chi connectivity index (χ1v) is 12.1. The number of hydrogen-bond donors (Lipinski definition) is 1. The lowest BCUT2D eigenvalue weighted by Gasteiger charge is -2.36. The van der Waals surface area contributed by atoms with Crippen LogP contribution in [0.3, 0.4) is 0 Å². The van der Waals surface area contributed by atoms with E-state index in [9.17, 15) is 13.2 Å². The Morgan fingerprint density at radius 2 is 1.59 bits per heavy atom. The molecule has 2 heterocycles. The zero-order valence-corrected chi connectivity index (χ0v) is 19.2. The topological polar surface area (TPSA) is 44.3 Å². The molecule has 3 aromatic rings. The van der Waals surface area contributed by atoms with Gasteiger partial charge in [-0.25, -0.2) is 0 Å². The van der Waals surface area contributed by atoms with E-state index in [-0.39, 0.29) is 0 Å². The molecule has 0 atom stereocenters. The molecule has 0 spiro atoms. The van der Waals surface area contributed by atoms with Gasteiger partial charge in [-0.3, -0.25) is 4.90 Å². The van der Waals surface area contributed by atoms with Gasteiger partial charge in [0, 0.05) is 49.5 Å². The number of fused-ring (bicyclic) bond motifs is 1. The number of hydrogen-bond acceptors (Lipinski definition) is 5. The van der Waals surface area contributed by atoms with Crippen LogP contribution in [0, 0.1) is 0 Å². The van der Waals surface area contributed by atoms with Crippen LogP contribution in [0.1, 0.15) is 43.2 Å². The number of nitrogens with zero attached hydrogens (tertiary/aromatic N) is 4. The normalized spacial score (nSPS) is 18.4. The van der Waals surface area contributed by atoms with Crippen molar-refractivity contribution in [2.45, 2.75) is 50.9 Å². The van der Waals surface area contributed by atoms with Crippen LogP contribution in [-0.4, -0.2) is 47.3 Å². The van der Waals surface area contributed by atoms with E-state index in [1.807, 2.05) is 12.1 Å². The van der Waals surface area contributed by atoms with Crippen LogP contribution in [0.2, 0.25) is 0 Å². The maximum atomic E-state index is 13.0. The highest BCUT2D eigenvalue weighted by atomic mass is 19.4. The van der Waals surface area contributed by atoms with E-state index in [1.165, 1.54) is 44.2 Å². The molecule has 180 valence electrons. The highest BCUT2D eigenvalue weighted by molar-refractivity contribution is 5.98. The highest BCUT2D eigenvalue weighted by Gasteiger charge is 2.30. The summed E-state index contributed by atoms with van der Waals surface area (Å²) in [6.45, 7) is 3.54. The fraction of sp³-hybridized carbons (Fsp3) is 0.462. The van der Waals surface area contributed by atoms with Crippen molar-refractivity contribution in [3.05, 3.63) is 59.7 Å². The number of rotatable bonds is 5. The van der Waals surface area contributed by atoms with E-state index < -0.39 is 11.7 Å². The minimum atomic E-state index is -4.31. The van der Waals surface area contributed by atoms with Gasteiger partial charge >= 0.3 is 6.18 Å². The van der Waals surface area contributed by atoms with Crippen LogP contribution in [0.5, 0.6) is 0 Å². The summed E-state index contributed by atoms with van der Waals surface area (Å²) in [6.07, 6.45) is 1.85.